The number of hydrogen-bond donors (Lipinski definition) is 2. The molecule has 1 unspecified atom stereocenters. The minimum atomic E-state index is -0.0676. The first-order chi connectivity index (χ1) is 11.1. The van der Waals surface area contributed by atoms with Crippen molar-refractivity contribution in [3.05, 3.63) is 11.6 Å². The Hall–Kier alpha value is -1.52. The fourth-order valence-electron chi connectivity index (χ4n) is 3.34. The lowest BCUT2D eigenvalue weighted by Crippen LogP contribution is -2.50. The number of amides is 3. The van der Waals surface area contributed by atoms with E-state index in [4.69, 9.17) is 0 Å². The molecular formula is C18H31N3O2. The van der Waals surface area contributed by atoms with Gasteiger partial charge in [-0.3, -0.25) is 4.79 Å². The summed E-state index contributed by atoms with van der Waals surface area (Å²) < 4.78 is 0. The Balaban J connectivity index is 1.73. The molecule has 0 spiro atoms. The Morgan fingerprint density at radius 2 is 2.13 bits per heavy atom. The molecule has 3 amide bonds. The van der Waals surface area contributed by atoms with Gasteiger partial charge in [-0.1, -0.05) is 11.6 Å². The SMILES string of the molecule is CC(C)NC(=O)N1CCCC(C(=O)NCCC2=CCCCC2)C1. The second-order valence-corrected chi connectivity index (χ2v) is 7.04. The lowest BCUT2D eigenvalue weighted by Gasteiger charge is -2.32. The lowest BCUT2D eigenvalue weighted by molar-refractivity contribution is -0.126. The van der Waals surface area contributed by atoms with E-state index in [1.54, 1.807) is 4.90 Å². The van der Waals surface area contributed by atoms with E-state index in [9.17, 15) is 9.59 Å². The van der Waals surface area contributed by atoms with Gasteiger partial charge in [-0.2, -0.15) is 0 Å². The molecule has 1 aliphatic heterocycles. The normalized spacial score (nSPS) is 21.8. The highest BCUT2D eigenvalue weighted by Crippen LogP contribution is 2.20. The number of allylic oxidation sites excluding steroid dienone is 1. The molecule has 23 heavy (non-hydrogen) atoms. The molecule has 0 aromatic rings. The first-order valence-corrected chi connectivity index (χ1v) is 9.07. The minimum Gasteiger partial charge on any atom is -0.355 e. The zero-order valence-corrected chi connectivity index (χ0v) is 14.6. The zero-order chi connectivity index (χ0) is 16.7. The smallest absolute Gasteiger partial charge is 0.317 e. The first kappa shape index (κ1) is 17.8. The second-order valence-electron chi connectivity index (χ2n) is 7.04. The molecule has 1 atom stereocenters. The van der Waals surface area contributed by atoms with Crippen LogP contribution in [0.5, 0.6) is 0 Å². The van der Waals surface area contributed by atoms with E-state index < -0.39 is 0 Å². The molecule has 0 bridgehead atoms. The van der Waals surface area contributed by atoms with Crippen LogP contribution in [-0.2, 0) is 4.79 Å². The summed E-state index contributed by atoms with van der Waals surface area (Å²) in [6.07, 6.45) is 10.0. The molecule has 2 aliphatic rings. The van der Waals surface area contributed by atoms with E-state index in [2.05, 4.69) is 16.7 Å². The monoisotopic (exact) mass is 321 g/mol. The number of nitrogens with one attached hydrogen (secondary N) is 2. The van der Waals surface area contributed by atoms with Gasteiger partial charge in [0.2, 0.25) is 5.91 Å². The molecule has 1 aliphatic carbocycles. The van der Waals surface area contributed by atoms with E-state index in [1.807, 2.05) is 13.8 Å². The van der Waals surface area contributed by atoms with Gasteiger partial charge >= 0.3 is 6.03 Å². The standard InChI is InChI=1S/C18H31N3O2/c1-14(2)20-18(23)21-12-6-9-16(13-21)17(22)19-11-10-15-7-4-3-5-8-15/h7,14,16H,3-6,8-13H2,1-2H3,(H,19,22)(H,20,23). The average Bonchev–Trinajstić information content (AvgIpc) is 2.55. The fourth-order valence-corrected chi connectivity index (χ4v) is 3.34. The molecule has 5 heteroatoms. The molecule has 0 aromatic carbocycles. The van der Waals surface area contributed by atoms with Crippen LogP contribution in [0.4, 0.5) is 4.79 Å². The van der Waals surface area contributed by atoms with Gasteiger partial charge in [0.15, 0.2) is 0 Å². The van der Waals surface area contributed by atoms with Crippen LogP contribution in [0.3, 0.4) is 0 Å². The Labute approximate surface area is 139 Å². The van der Waals surface area contributed by atoms with Gasteiger partial charge in [0.05, 0.1) is 5.92 Å². The molecule has 0 radical (unpaired) electrons. The van der Waals surface area contributed by atoms with Crippen molar-refractivity contribution in [3.8, 4) is 0 Å². The summed E-state index contributed by atoms with van der Waals surface area (Å²) >= 11 is 0. The Morgan fingerprint density at radius 1 is 1.30 bits per heavy atom. The van der Waals surface area contributed by atoms with Crippen LogP contribution in [0.25, 0.3) is 0 Å². The van der Waals surface area contributed by atoms with Gasteiger partial charge in [-0.25, -0.2) is 4.79 Å². The summed E-state index contributed by atoms with van der Waals surface area (Å²) in [4.78, 5) is 26.2. The van der Waals surface area contributed by atoms with E-state index >= 15 is 0 Å². The van der Waals surface area contributed by atoms with Crippen molar-refractivity contribution in [2.24, 2.45) is 5.92 Å². The Bertz CT molecular complexity index is 446. The molecule has 130 valence electrons. The van der Waals surface area contributed by atoms with Crippen molar-refractivity contribution >= 4 is 11.9 Å². The van der Waals surface area contributed by atoms with Crippen LogP contribution in [0.2, 0.25) is 0 Å². The van der Waals surface area contributed by atoms with Gasteiger partial charge < -0.3 is 15.5 Å². The number of rotatable bonds is 5. The highest BCUT2D eigenvalue weighted by Gasteiger charge is 2.28. The predicted molar refractivity (Wildman–Crippen MR) is 92.1 cm³/mol. The summed E-state index contributed by atoms with van der Waals surface area (Å²) in [6.45, 7) is 5.90. The van der Waals surface area contributed by atoms with Crippen LogP contribution in [0.1, 0.15) is 58.8 Å². The maximum Gasteiger partial charge on any atom is 0.317 e. The van der Waals surface area contributed by atoms with Crippen molar-refractivity contribution in [1.29, 1.82) is 0 Å². The molecule has 2 rings (SSSR count). The Morgan fingerprint density at radius 3 is 2.83 bits per heavy atom. The highest BCUT2D eigenvalue weighted by molar-refractivity contribution is 5.80. The summed E-state index contributed by atoms with van der Waals surface area (Å²) in [5.41, 5.74) is 1.48. The molecule has 5 nitrogen and oxygen atoms in total. The third kappa shape index (κ3) is 5.88. The number of carbonyl (C=O) groups excluding carboxylic acids is 2. The topological polar surface area (TPSA) is 61.4 Å². The number of urea groups is 1. The van der Waals surface area contributed by atoms with E-state index in [-0.39, 0.29) is 23.9 Å². The van der Waals surface area contributed by atoms with Crippen molar-refractivity contribution in [2.45, 2.75) is 64.8 Å². The quantitative estimate of drug-likeness (QED) is 0.765. The number of likely N-dealkylation sites (tertiary alicyclic amines) is 1. The third-order valence-electron chi connectivity index (χ3n) is 4.62. The number of piperidine rings is 1. The number of carbonyl (C=O) groups is 2. The van der Waals surface area contributed by atoms with Gasteiger partial charge in [-0.05, 0) is 58.8 Å². The molecule has 2 N–H and O–H groups in total. The number of hydrogen-bond acceptors (Lipinski definition) is 2. The molecule has 0 saturated carbocycles. The summed E-state index contributed by atoms with van der Waals surface area (Å²) in [6, 6.07) is 0.0744. The molecule has 1 fully saturated rings. The van der Waals surface area contributed by atoms with Crippen molar-refractivity contribution < 1.29 is 9.59 Å². The second kappa shape index (κ2) is 8.94. The molecule has 1 heterocycles. The van der Waals surface area contributed by atoms with Crippen molar-refractivity contribution in [2.75, 3.05) is 19.6 Å². The van der Waals surface area contributed by atoms with E-state index in [1.165, 1.54) is 31.3 Å². The van der Waals surface area contributed by atoms with E-state index in [0.29, 0.717) is 6.54 Å². The summed E-state index contributed by atoms with van der Waals surface area (Å²) in [7, 11) is 0. The van der Waals surface area contributed by atoms with Gasteiger partial charge in [-0.15, -0.1) is 0 Å². The first-order valence-electron chi connectivity index (χ1n) is 9.07. The Kier molecular flexibility index (Phi) is 6.93. The maximum absolute atomic E-state index is 12.3. The van der Waals surface area contributed by atoms with Crippen LogP contribution < -0.4 is 10.6 Å². The van der Waals surface area contributed by atoms with Gasteiger partial charge in [0.25, 0.3) is 0 Å². The van der Waals surface area contributed by atoms with Crippen molar-refractivity contribution in [1.82, 2.24) is 15.5 Å². The van der Waals surface area contributed by atoms with Gasteiger partial charge in [0, 0.05) is 25.7 Å². The van der Waals surface area contributed by atoms with Crippen LogP contribution in [0.15, 0.2) is 11.6 Å². The fraction of sp³-hybridized carbons (Fsp3) is 0.778. The highest BCUT2D eigenvalue weighted by atomic mass is 16.2. The number of nitrogens with zero attached hydrogens (tertiary/aromatic N) is 1. The van der Waals surface area contributed by atoms with Crippen LogP contribution >= 0.6 is 0 Å². The summed E-state index contributed by atoms with van der Waals surface area (Å²) in [5.74, 6) is 0.0328. The predicted octanol–water partition coefficient (Wildman–Crippen LogP) is 2.82. The zero-order valence-electron chi connectivity index (χ0n) is 14.6. The molecule has 0 aromatic heterocycles. The average molecular weight is 321 g/mol. The lowest BCUT2D eigenvalue weighted by atomic mass is 9.96. The van der Waals surface area contributed by atoms with Crippen LogP contribution in [0, 0.1) is 5.92 Å². The molecule has 1 saturated heterocycles. The largest absolute Gasteiger partial charge is 0.355 e. The third-order valence-corrected chi connectivity index (χ3v) is 4.62. The summed E-state index contributed by atoms with van der Waals surface area (Å²) in [5, 5.41) is 5.97. The molecular weight excluding hydrogens is 290 g/mol. The van der Waals surface area contributed by atoms with Crippen molar-refractivity contribution in [3.63, 3.8) is 0 Å². The van der Waals surface area contributed by atoms with Crippen LogP contribution in [-0.4, -0.2) is 42.5 Å². The van der Waals surface area contributed by atoms with Gasteiger partial charge in [0.1, 0.15) is 0 Å². The van der Waals surface area contributed by atoms with E-state index in [0.717, 1.165) is 32.4 Å². The maximum atomic E-state index is 12.3. The minimum absolute atomic E-state index is 0.0511.